The monoisotopic (exact) mass is 436 g/mol. The summed E-state index contributed by atoms with van der Waals surface area (Å²) in [7, 11) is 1.99. The zero-order valence-corrected chi connectivity index (χ0v) is 14.7. The van der Waals surface area contributed by atoms with E-state index in [1.54, 1.807) is 0 Å². The lowest BCUT2D eigenvalue weighted by molar-refractivity contribution is 0.0690. The summed E-state index contributed by atoms with van der Waals surface area (Å²) in [5.74, 6) is 0.849. The second-order valence-electron chi connectivity index (χ2n) is 4.92. The Morgan fingerprint density at radius 2 is 2.16 bits per heavy atom. The molecule has 0 aromatic heterocycles. The molecule has 0 unspecified atom stereocenters. The second-order valence-corrected chi connectivity index (χ2v) is 7.02. The molecule has 19 heavy (non-hydrogen) atoms. The molecular weight excluding hydrogens is 419 g/mol. The molecule has 1 aromatic carbocycles. The van der Waals surface area contributed by atoms with E-state index in [1.165, 1.54) is 0 Å². The molecule has 104 valence electrons. The molecule has 1 aliphatic heterocycles. The minimum absolute atomic E-state index is 0.147. The molecule has 1 saturated heterocycles. The molecule has 0 aliphatic carbocycles. The molecule has 0 radical (unpaired) electrons. The van der Waals surface area contributed by atoms with Crippen LogP contribution < -0.4 is 5.32 Å². The highest BCUT2D eigenvalue weighted by Crippen LogP contribution is 2.24. The number of carbonyl (C=O) groups is 1. The van der Waals surface area contributed by atoms with Crippen molar-refractivity contribution in [1.29, 1.82) is 0 Å². The Bertz CT molecular complexity index is 459. The maximum Gasteiger partial charge on any atom is 0.255 e. The van der Waals surface area contributed by atoms with E-state index in [2.05, 4.69) is 43.8 Å². The van der Waals surface area contributed by atoms with Gasteiger partial charge in [-0.3, -0.25) is 4.79 Å². The van der Waals surface area contributed by atoms with Gasteiger partial charge >= 0.3 is 0 Å². The summed E-state index contributed by atoms with van der Waals surface area (Å²) in [4.78, 5) is 14.5. The van der Waals surface area contributed by atoms with Crippen molar-refractivity contribution < 1.29 is 4.79 Å². The number of benzene rings is 1. The Balaban J connectivity index is 2.03. The number of amides is 1. The summed E-state index contributed by atoms with van der Waals surface area (Å²) < 4.78 is 1.98. The third-order valence-electron chi connectivity index (χ3n) is 3.55. The van der Waals surface area contributed by atoms with Crippen molar-refractivity contribution in [2.75, 3.05) is 26.7 Å². The van der Waals surface area contributed by atoms with Gasteiger partial charge in [-0.2, -0.15) is 0 Å². The van der Waals surface area contributed by atoms with Crippen molar-refractivity contribution >= 4 is 44.4 Å². The normalized spacial score (nSPS) is 16.7. The third-order valence-corrected chi connectivity index (χ3v) is 4.92. The van der Waals surface area contributed by atoms with Gasteiger partial charge < -0.3 is 10.2 Å². The van der Waals surface area contributed by atoms with E-state index in [-0.39, 0.29) is 5.91 Å². The maximum absolute atomic E-state index is 12.5. The van der Waals surface area contributed by atoms with Gasteiger partial charge in [-0.05, 0) is 89.1 Å². The Kier molecular flexibility index (Phi) is 5.65. The van der Waals surface area contributed by atoms with Crippen LogP contribution in [0.15, 0.2) is 22.7 Å². The third kappa shape index (κ3) is 3.92. The number of halogens is 2. The van der Waals surface area contributed by atoms with Gasteiger partial charge in [0.1, 0.15) is 0 Å². The van der Waals surface area contributed by atoms with Crippen LogP contribution in [-0.2, 0) is 0 Å². The fraction of sp³-hybridized carbons (Fsp3) is 0.500. The highest BCUT2D eigenvalue weighted by Gasteiger charge is 2.24. The van der Waals surface area contributed by atoms with Crippen LogP contribution in [0.2, 0.25) is 0 Å². The molecule has 3 nitrogen and oxygen atoms in total. The summed E-state index contributed by atoms with van der Waals surface area (Å²) in [6.45, 7) is 2.78. The molecule has 1 N–H and O–H groups in total. The standard InChI is InChI=1S/C14H18BrIN2O/c1-17-9-10-4-6-18(7-5-10)14(19)12-8-11(16)2-3-13(12)15/h2-3,8,10,17H,4-7,9H2,1H3. The Morgan fingerprint density at radius 3 is 2.79 bits per heavy atom. The average molecular weight is 437 g/mol. The summed E-state index contributed by atoms with van der Waals surface area (Å²) in [6.07, 6.45) is 2.18. The quantitative estimate of drug-likeness (QED) is 0.738. The summed E-state index contributed by atoms with van der Waals surface area (Å²) >= 11 is 5.71. The lowest BCUT2D eigenvalue weighted by Crippen LogP contribution is -2.40. The van der Waals surface area contributed by atoms with Crippen LogP contribution in [0.3, 0.4) is 0 Å². The van der Waals surface area contributed by atoms with E-state index in [9.17, 15) is 4.79 Å². The topological polar surface area (TPSA) is 32.3 Å². The fourth-order valence-electron chi connectivity index (χ4n) is 2.46. The van der Waals surface area contributed by atoms with Crippen LogP contribution in [0.5, 0.6) is 0 Å². The van der Waals surface area contributed by atoms with Gasteiger partial charge in [-0.1, -0.05) is 0 Å². The SMILES string of the molecule is CNCC1CCN(C(=O)c2cc(I)ccc2Br)CC1. The second kappa shape index (κ2) is 7.04. The summed E-state index contributed by atoms with van der Waals surface area (Å²) in [5, 5.41) is 3.22. The van der Waals surface area contributed by atoms with Gasteiger partial charge in [-0.15, -0.1) is 0 Å². The number of hydrogen-bond donors (Lipinski definition) is 1. The van der Waals surface area contributed by atoms with Crippen LogP contribution in [-0.4, -0.2) is 37.5 Å². The van der Waals surface area contributed by atoms with E-state index in [0.717, 1.165) is 46.1 Å². The van der Waals surface area contributed by atoms with Crippen molar-refractivity contribution in [2.24, 2.45) is 5.92 Å². The van der Waals surface area contributed by atoms with Crippen molar-refractivity contribution in [3.63, 3.8) is 0 Å². The van der Waals surface area contributed by atoms with Crippen molar-refractivity contribution in [3.8, 4) is 0 Å². The number of carbonyl (C=O) groups excluding carboxylic acids is 1. The largest absolute Gasteiger partial charge is 0.339 e. The summed E-state index contributed by atoms with van der Waals surface area (Å²) in [6, 6.07) is 5.90. The highest BCUT2D eigenvalue weighted by atomic mass is 127. The zero-order valence-electron chi connectivity index (χ0n) is 11.0. The molecule has 0 bridgehead atoms. The first-order valence-electron chi connectivity index (χ1n) is 6.50. The van der Waals surface area contributed by atoms with E-state index in [0.29, 0.717) is 5.92 Å². The van der Waals surface area contributed by atoms with Gasteiger partial charge in [0.25, 0.3) is 5.91 Å². The number of hydrogen-bond acceptors (Lipinski definition) is 2. The minimum Gasteiger partial charge on any atom is -0.339 e. The Morgan fingerprint density at radius 1 is 1.47 bits per heavy atom. The molecular formula is C14H18BrIN2O. The number of likely N-dealkylation sites (tertiary alicyclic amines) is 1. The minimum atomic E-state index is 0.147. The van der Waals surface area contributed by atoms with Crippen molar-refractivity contribution in [2.45, 2.75) is 12.8 Å². The lowest BCUT2D eigenvalue weighted by Gasteiger charge is -2.32. The number of piperidine rings is 1. The average Bonchev–Trinajstić information content (AvgIpc) is 2.42. The molecule has 0 saturated carbocycles. The summed E-state index contributed by atoms with van der Waals surface area (Å²) in [5.41, 5.74) is 0.777. The number of nitrogens with zero attached hydrogens (tertiary/aromatic N) is 1. The van der Waals surface area contributed by atoms with Gasteiger partial charge in [0, 0.05) is 21.1 Å². The van der Waals surface area contributed by atoms with Crippen molar-refractivity contribution in [1.82, 2.24) is 10.2 Å². The number of nitrogens with one attached hydrogen (secondary N) is 1. The lowest BCUT2D eigenvalue weighted by atomic mass is 9.96. The number of rotatable bonds is 3. The van der Waals surface area contributed by atoms with Gasteiger partial charge in [0.15, 0.2) is 0 Å². The Labute approximate surface area is 136 Å². The van der Waals surface area contributed by atoms with Crippen LogP contribution in [0.1, 0.15) is 23.2 Å². The predicted octanol–water partition coefficient (Wildman–Crippen LogP) is 3.13. The molecule has 1 amide bonds. The van der Waals surface area contributed by atoms with E-state index >= 15 is 0 Å². The molecule has 1 fully saturated rings. The predicted molar refractivity (Wildman–Crippen MR) is 89.4 cm³/mol. The van der Waals surface area contributed by atoms with E-state index in [1.807, 2.05) is 30.1 Å². The van der Waals surface area contributed by atoms with Crippen LogP contribution in [0.4, 0.5) is 0 Å². The highest BCUT2D eigenvalue weighted by molar-refractivity contribution is 14.1. The molecule has 0 spiro atoms. The van der Waals surface area contributed by atoms with Gasteiger partial charge in [0.05, 0.1) is 5.56 Å². The molecule has 5 heteroatoms. The smallest absolute Gasteiger partial charge is 0.255 e. The fourth-order valence-corrected chi connectivity index (χ4v) is 3.37. The molecule has 1 aliphatic rings. The van der Waals surface area contributed by atoms with Crippen LogP contribution in [0, 0.1) is 9.49 Å². The molecule has 0 atom stereocenters. The van der Waals surface area contributed by atoms with Crippen molar-refractivity contribution in [3.05, 3.63) is 31.8 Å². The molecule has 1 aromatic rings. The van der Waals surface area contributed by atoms with Crippen LogP contribution in [0.25, 0.3) is 0 Å². The maximum atomic E-state index is 12.5. The molecule has 1 heterocycles. The van der Waals surface area contributed by atoms with Gasteiger partial charge in [-0.25, -0.2) is 0 Å². The first-order valence-corrected chi connectivity index (χ1v) is 8.38. The Hall–Kier alpha value is -0.140. The van der Waals surface area contributed by atoms with E-state index < -0.39 is 0 Å². The van der Waals surface area contributed by atoms with Gasteiger partial charge in [0.2, 0.25) is 0 Å². The first-order chi connectivity index (χ1) is 9.11. The van der Waals surface area contributed by atoms with E-state index in [4.69, 9.17) is 0 Å². The molecule has 2 rings (SSSR count). The first kappa shape index (κ1) is 15.3. The van der Waals surface area contributed by atoms with Crippen LogP contribution >= 0.6 is 38.5 Å². The zero-order chi connectivity index (χ0) is 13.8.